The van der Waals surface area contributed by atoms with Crippen molar-refractivity contribution in [3.05, 3.63) is 23.8 Å². The summed E-state index contributed by atoms with van der Waals surface area (Å²) in [5.74, 6) is 0.651. The van der Waals surface area contributed by atoms with Gasteiger partial charge in [-0.25, -0.2) is 0 Å². The van der Waals surface area contributed by atoms with Crippen LogP contribution in [-0.2, 0) is 4.79 Å². The molecule has 0 aromatic heterocycles. The van der Waals surface area contributed by atoms with Crippen LogP contribution in [-0.4, -0.2) is 18.1 Å². The normalized spacial score (nSPS) is 12.3. The van der Waals surface area contributed by atoms with Crippen LogP contribution >= 0.6 is 0 Å². The van der Waals surface area contributed by atoms with E-state index < -0.39 is 6.04 Å². The van der Waals surface area contributed by atoms with Crippen molar-refractivity contribution in [1.29, 1.82) is 0 Å². The topological polar surface area (TPSA) is 64.4 Å². The van der Waals surface area contributed by atoms with Gasteiger partial charge in [-0.1, -0.05) is 6.92 Å². The maximum Gasteiger partial charge on any atom is 0.241 e. The van der Waals surface area contributed by atoms with E-state index in [0.29, 0.717) is 6.42 Å². The molecule has 0 fully saturated rings. The lowest BCUT2D eigenvalue weighted by atomic mass is 10.1. The number of aryl methyl sites for hydroxylation is 1. The third kappa shape index (κ3) is 4.04. The molecular weight excluding hydrogens is 228 g/mol. The van der Waals surface area contributed by atoms with Crippen molar-refractivity contribution in [2.45, 2.75) is 46.3 Å². The molecule has 3 N–H and O–H groups in total. The van der Waals surface area contributed by atoms with E-state index in [1.807, 2.05) is 45.9 Å². The summed E-state index contributed by atoms with van der Waals surface area (Å²) in [6, 6.07) is 5.14. The fourth-order valence-corrected chi connectivity index (χ4v) is 1.53. The van der Waals surface area contributed by atoms with E-state index >= 15 is 0 Å². The van der Waals surface area contributed by atoms with Crippen molar-refractivity contribution in [1.82, 2.24) is 0 Å². The Morgan fingerprint density at radius 2 is 2.11 bits per heavy atom. The first-order chi connectivity index (χ1) is 8.43. The molecule has 0 unspecified atom stereocenters. The zero-order valence-electron chi connectivity index (χ0n) is 11.5. The minimum atomic E-state index is -0.462. The summed E-state index contributed by atoms with van der Waals surface area (Å²) in [6.45, 7) is 7.77. The summed E-state index contributed by atoms with van der Waals surface area (Å²) < 4.78 is 5.59. The molecule has 1 aromatic carbocycles. The molecule has 4 heteroatoms. The maximum atomic E-state index is 11.7. The molecule has 0 heterocycles. The quantitative estimate of drug-likeness (QED) is 0.843. The van der Waals surface area contributed by atoms with Gasteiger partial charge in [-0.05, 0) is 51.0 Å². The van der Waals surface area contributed by atoms with Crippen LogP contribution in [0, 0.1) is 6.92 Å². The molecule has 1 rings (SSSR count). The Morgan fingerprint density at radius 3 is 2.61 bits per heavy atom. The van der Waals surface area contributed by atoms with Crippen LogP contribution in [0.25, 0.3) is 0 Å². The number of benzene rings is 1. The fraction of sp³-hybridized carbons (Fsp3) is 0.500. The summed E-state index contributed by atoms with van der Waals surface area (Å²) in [4.78, 5) is 11.7. The van der Waals surface area contributed by atoms with Gasteiger partial charge in [-0.3, -0.25) is 4.79 Å². The molecule has 100 valence electrons. The van der Waals surface area contributed by atoms with Gasteiger partial charge in [-0.15, -0.1) is 0 Å². The van der Waals surface area contributed by atoms with Crippen LogP contribution < -0.4 is 15.8 Å². The highest BCUT2D eigenvalue weighted by Gasteiger charge is 2.12. The number of carbonyl (C=O) groups excluding carboxylic acids is 1. The molecule has 0 aliphatic heterocycles. The first-order valence-corrected chi connectivity index (χ1v) is 6.27. The Bertz CT molecular complexity index is 416. The van der Waals surface area contributed by atoms with E-state index in [1.54, 1.807) is 0 Å². The minimum absolute atomic E-state index is 0.137. The van der Waals surface area contributed by atoms with Crippen LogP contribution in [0.1, 0.15) is 32.8 Å². The number of carbonyl (C=O) groups is 1. The average Bonchev–Trinajstić information content (AvgIpc) is 2.30. The Morgan fingerprint density at radius 1 is 1.44 bits per heavy atom. The highest BCUT2D eigenvalue weighted by Crippen LogP contribution is 2.22. The molecule has 1 amide bonds. The standard InChI is InChI=1S/C14H22N2O2/c1-5-12(15)14(17)16-13-7-6-11(8-10(13)4)18-9(2)3/h6-9,12H,5,15H2,1-4H3,(H,16,17)/t12-/m0/s1. The average molecular weight is 250 g/mol. The Labute approximate surface area is 109 Å². The van der Waals surface area contributed by atoms with Gasteiger partial charge < -0.3 is 15.8 Å². The van der Waals surface area contributed by atoms with Crippen molar-refractivity contribution >= 4 is 11.6 Å². The molecule has 0 bridgehead atoms. The largest absolute Gasteiger partial charge is 0.491 e. The molecular formula is C14H22N2O2. The predicted octanol–water partition coefficient (Wildman–Crippen LogP) is 2.46. The summed E-state index contributed by atoms with van der Waals surface area (Å²) >= 11 is 0. The third-order valence-corrected chi connectivity index (χ3v) is 2.60. The van der Waals surface area contributed by atoms with E-state index in [2.05, 4.69) is 5.32 Å². The van der Waals surface area contributed by atoms with E-state index in [-0.39, 0.29) is 12.0 Å². The zero-order chi connectivity index (χ0) is 13.7. The number of hydrogen-bond acceptors (Lipinski definition) is 3. The van der Waals surface area contributed by atoms with Gasteiger partial charge in [0.25, 0.3) is 0 Å². The second-order valence-electron chi connectivity index (χ2n) is 4.65. The summed E-state index contributed by atoms with van der Waals surface area (Å²) in [7, 11) is 0. The molecule has 0 saturated heterocycles. The Balaban J connectivity index is 2.76. The summed E-state index contributed by atoms with van der Waals surface area (Å²) in [5.41, 5.74) is 7.41. The van der Waals surface area contributed by atoms with Gasteiger partial charge in [0.15, 0.2) is 0 Å². The molecule has 0 radical (unpaired) electrons. The fourth-order valence-electron chi connectivity index (χ4n) is 1.53. The molecule has 0 aliphatic carbocycles. The van der Waals surface area contributed by atoms with Crippen molar-refractivity contribution in [3.63, 3.8) is 0 Å². The number of nitrogens with two attached hydrogens (primary N) is 1. The van der Waals surface area contributed by atoms with Gasteiger partial charge >= 0.3 is 0 Å². The van der Waals surface area contributed by atoms with Crippen molar-refractivity contribution < 1.29 is 9.53 Å². The molecule has 0 saturated carbocycles. The highest BCUT2D eigenvalue weighted by molar-refractivity contribution is 5.95. The lowest BCUT2D eigenvalue weighted by Crippen LogP contribution is -2.34. The van der Waals surface area contributed by atoms with Crippen LogP contribution in [0.4, 0.5) is 5.69 Å². The predicted molar refractivity (Wildman–Crippen MR) is 73.8 cm³/mol. The molecule has 0 spiro atoms. The van der Waals surface area contributed by atoms with Gasteiger partial charge in [0.05, 0.1) is 12.1 Å². The summed E-state index contributed by atoms with van der Waals surface area (Å²) in [6.07, 6.45) is 0.762. The van der Waals surface area contributed by atoms with Crippen molar-refractivity contribution in [3.8, 4) is 5.75 Å². The van der Waals surface area contributed by atoms with E-state index in [9.17, 15) is 4.79 Å². The second kappa shape index (κ2) is 6.40. The number of rotatable bonds is 5. The zero-order valence-corrected chi connectivity index (χ0v) is 11.5. The lowest BCUT2D eigenvalue weighted by molar-refractivity contribution is -0.117. The number of anilines is 1. The van der Waals surface area contributed by atoms with Gasteiger partial charge in [0.2, 0.25) is 5.91 Å². The molecule has 1 aromatic rings. The van der Waals surface area contributed by atoms with E-state index in [1.165, 1.54) is 0 Å². The molecule has 1 atom stereocenters. The number of nitrogens with one attached hydrogen (secondary N) is 1. The van der Waals surface area contributed by atoms with Crippen molar-refractivity contribution in [2.24, 2.45) is 5.73 Å². The van der Waals surface area contributed by atoms with E-state index in [0.717, 1.165) is 17.0 Å². The minimum Gasteiger partial charge on any atom is -0.491 e. The Hall–Kier alpha value is -1.55. The summed E-state index contributed by atoms with van der Waals surface area (Å²) in [5, 5.41) is 2.82. The van der Waals surface area contributed by atoms with Crippen LogP contribution in [0.2, 0.25) is 0 Å². The van der Waals surface area contributed by atoms with E-state index in [4.69, 9.17) is 10.5 Å². The molecule has 0 aliphatic rings. The molecule has 18 heavy (non-hydrogen) atoms. The van der Waals surface area contributed by atoms with Crippen molar-refractivity contribution in [2.75, 3.05) is 5.32 Å². The van der Waals surface area contributed by atoms with Gasteiger partial charge in [0, 0.05) is 5.69 Å². The second-order valence-corrected chi connectivity index (χ2v) is 4.65. The van der Waals surface area contributed by atoms with Gasteiger partial charge in [0.1, 0.15) is 5.75 Å². The van der Waals surface area contributed by atoms with Crippen LogP contribution in [0.15, 0.2) is 18.2 Å². The lowest BCUT2D eigenvalue weighted by Gasteiger charge is -2.14. The third-order valence-electron chi connectivity index (χ3n) is 2.60. The highest BCUT2D eigenvalue weighted by atomic mass is 16.5. The van der Waals surface area contributed by atoms with Crippen LogP contribution in [0.5, 0.6) is 5.75 Å². The number of hydrogen-bond donors (Lipinski definition) is 2. The monoisotopic (exact) mass is 250 g/mol. The first kappa shape index (κ1) is 14.5. The van der Waals surface area contributed by atoms with Gasteiger partial charge in [-0.2, -0.15) is 0 Å². The maximum absolute atomic E-state index is 11.7. The molecule has 4 nitrogen and oxygen atoms in total. The first-order valence-electron chi connectivity index (χ1n) is 6.27. The number of amides is 1. The smallest absolute Gasteiger partial charge is 0.241 e. The van der Waals surface area contributed by atoms with Crippen LogP contribution in [0.3, 0.4) is 0 Å². The number of ether oxygens (including phenoxy) is 1. The SMILES string of the molecule is CC[C@H](N)C(=O)Nc1ccc(OC(C)C)cc1C. The Kier molecular flexibility index (Phi) is 5.16.